The van der Waals surface area contributed by atoms with Crippen molar-refractivity contribution >= 4 is 5.65 Å². The minimum Gasteiger partial charge on any atom is -0.485 e. The molecule has 0 atom stereocenters. The highest BCUT2D eigenvalue weighted by atomic mass is 19.1. The average Bonchev–Trinajstić information content (AvgIpc) is 3.07. The zero-order valence-electron chi connectivity index (χ0n) is 19.4. The second-order valence-corrected chi connectivity index (χ2v) is 9.34. The summed E-state index contributed by atoms with van der Waals surface area (Å²) < 4.78 is 41.6. The molecule has 0 saturated heterocycles. The van der Waals surface area contributed by atoms with Crippen LogP contribution in [0.25, 0.3) is 16.9 Å². The number of aromatic nitrogens is 3. The van der Waals surface area contributed by atoms with Crippen LogP contribution in [0.5, 0.6) is 11.6 Å². The minimum absolute atomic E-state index is 0.0398. The molecule has 0 radical (unpaired) electrons. The van der Waals surface area contributed by atoms with E-state index in [-0.39, 0.29) is 17.6 Å². The average molecular weight is 452 g/mol. The van der Waals surface area contributed by atoms with E-state index in [0.717, 1.165) is 22.5 Å². The fourth-order valence-corrected chi connectivity index (χ4v) is 3.53. The first kappa shape index (κ1) is 22.7. The van der Waals surface area contributed by atoms with Crippen LogP contribution in [0.15, 0.2) is 48.8 Å². The van der Waals surface area contributed by atoms with Crippen molar-refractivity contribution in [1.82, 2.24) is 14.4 Å². The van der Waals surface area contributed by atoms with Gasteiger partial charge in [0.15, 0.2) is 11.4 Å². The normalized spacial score (nSPS) is 11.7. The smallest absolute Gasteiger partial charge is 0.213 e. The maximum Gasteiger partial charge on any atom is 0.213 e. The van der Waals surface area contributed by atoms with Gasteiger partial charge in [0.05, 0.1) is 23.6 Å². The molecule has 1 aromatic carbocycles. The third-order valence-electron chi connectivity index (χ3n) is 5.09. The van der Waals surface area contributed by atoms with Gasteiger partial charge in [0, 0.05) is 24.0 Å². The molecule has 0 aliphatic carbocycles. The minimum atomic E-state index is -0.640. The molecule has 0 amide bonds. The predicted octanol–water partition coefficient (Wildman–Crippen LogP) is 6.30. The van der Waals surface area contributed by atoms with E-state index in [0.29, 0.717) is 23.9 Å². The van der Waals surface area contributed by atoms with Crippen LogP contribution >= 0.6 is 0 Å². The van der Waals surface area contributed by atoms with Gasteiger partial charge >= 0.3 is 0 Å². The summed E-state index contributed by atoms with van der Waals surface area (Å²) in [6.07, 6.45) is 3.71. The van der Waals surface area contributed by atoms with E-state index in [2.05, 4.69) is 30.7 Å². The maximum absolute atomic E-state index is 14.0. The van der Waals surface area contributed by atoms with Gasteiger partial charge in [-0.2, -0.15) is 0 Å². The first-order valence-electron chi connectivity index (χ1n) is 10.8. The fourth-order valence-electron chi connectivity index (χ4n) is 3.53. The van der Waals surface area contributed by atoms with Crippen LogP contribution in [0, 0.1) is 30.9 Å². The van der Waals surface area contributed by atoms with Gasteiger partial charge < -0.3 is 9.47 Å². The Labute approximate surface area is 192 Å². The highest BCUT2D eigenvalue weighted by molar-refractivity contribution is 5.70. The van der Waals surface area contributed by atoms with E-state index >= 15 is 0 Å². The lowest BCUT2D eigenvalue weighted by atomic mass is 9.99. The van der Waals surface area contributed by atoms with E-state index in [9.17, 15) is 8.78 Å². The summed E-state index contributed by atoms with van der Waals surface area (Å²) in [6.45, 7) is 10.5. The number of halogens is 2. The van der Waals surface area contributed by atoms with Crippen LogP contribution < -0.4 is 9.47 Å². The van der Waals surface area contributed by atoms with Gasteiger partial charge in [-0.1, -0.05) is 26.8 Å². The lowest BCUT2D eigenvalue weighted by Gasteiger charge is -2.18. The molecule has 7 heteroatoms. The molecule has 0 spiro atoms. The summed E-state index contributed by atoms with van der Waals surface area (Å²) in [4.78, 5) is 9.12. The van der Waals surface area contributed by atoms with Gasteiger partial charge in [0.1, 0.15) is 18.2 Å². The van der Waals surface area contributed by atoms with E-state index in [1.807, 2.05) is 42.6 Å². The quantitative estimate of drug-likeness (QED) is 0.345. The van der Waals surface area contributed by atoms with Crippen LogP contribution in [0.1, 0.15) is 37.6 Å². The summed E-state index contributed by atoms with van der Waals surface area (Å²) >= 11 is 0. The van der Waals surface area contributed by atoms with Gasteiger partial charge in [-0.05, 0) is 49.1 Å². The molecule has 0 unspecified atom stereocenters. The number of benzene rings is 1. The summed E-state index contributed by atoms with van der Waals surface area (Å²) in [7, 11) is 0. The van der Waals surface area contributed by atoms with Crippen molar-refractivity contribution in [3.8, 4) is 22.9 Å². The van der Waals surface area contributed by atoms with Crippen molar-refractivity contribution in [2.24, 2.45) is 5.41 Å². The first-order chi connectivity index (χ1) is 15.6. The van der Waals surface area contributed by atoms with Crippen LogP contribution in [0.3, 0.4) is 0 Å². The SMILES string of the molecule is Cc1cc(OCc2c(F)cccc2F)c2nc(C)c(-c3ccc(OCC(C)(C)C)nc3)n2c1. The largest absolute Gasteiger partial charge is 0.485 e. The Kier molecular flexibility index (Phi) is 6.06. The van der Waals surface area contributed by atoms with Crippen molar-refractivity contribution in [3.63, 3.8) is 0 Å². The lowest BCUT2D eigenvalue weighted by molar-refractivity contribution is 0.191. The Hall–Kier alpha value is -3.48. The molecule has 0 N–H and O–H groups in total. The molecule has 172 valence electrons. The Morgan fingerprint density at radius 3 is 2.36 bits per heavy atom. The van der Waals surface area contributed by atoms with Crippen molar-refractivity contribution in [2.75, 3.05) is 6.61 Å². The molecular formula is C26H27F2N3O2. The summed E-state index contributed by atoms with van der Waals surface area (Å²) in [6, 6.07) is 9.36. The molecule has 3 heterocycles. The Morgan fingerprint density at radius 2 is 1.73 bits per heavy atom. The monoisotopic (exact) mass is 451 g/mol. The molecule has 4 aromatic rings. The number of ether oxygens (including phenoxy) is 2. The number of imidazole rings is 1. The lowest BCUT2D eigenvalue weighted by Crippen LogP contribution is -2.17. The number of fused-ring (bicyclic) bond motifs is 1. The Morgan fingerprint density at radius 1 is 1.00 bits per heavy atom. The number of hydrogen-bond donors (Lipinski definition) is 0. The molecule has 0 aliphatic rings. The number of nitrogens with zero attached hydrogens (tertiary/aromatic N) is 3. The van der Waals surface area contributed by atoms with Crippen LogP contribution in [0.2, 0.25) is 0 Å². The number of pyridine rings is 2. The van der Waals surface area contributed by atoms with Crippen LogP contribution in [-0.4, -0.2) is 21.0 Å². The van der Waals surface area contributed by atoms with Crippen molar-refractivity contribution in [3.05, 3.63) is 77.2 Å². The molecule has 0 aliphatic heterocycles. The summed E-state index contributed by atoms with van der Waals surface area (Å²) in [5.41, 5.74) is 3.94. The second kappa shape index (κ2) is 8.81. The standard InChI is InChI=1S/C26H27F2N3O2/c1-16-11-22(32-14-19-20(27)7-6-8-21(19)28)25-30-17(2)24(31(25)13-16)18-9-10-23(29-12-18)33-15-26(3,4)5/h6-13H,14-15H2,1-5H3. The fraction of sp³-hybridized carbons (Fsp3) is 0.308. The van der Waals surface area contributed by atoms with Crippen LogP contribution in [-0.2, 0) is 6.61 Å². The van der Waals surface area contributed by atoms with Gasteiger partial charge in [0.25, 0.3) is 0 Å². The number of aryl methyl sites for hydroxylation is 2. The Balaban J connectivity index is 1.66. The molecule has 0 fully saturated rings. The molecule has 3 aromatic heterocycles. The van der Waals surface area contributed by atoms with Crippen LogP contribution in [0.4, 0.5) is 8.78 Å². The van der Waals surface area contributed by atoms with E-state index in [1.54, 1.807) is 6.20 Å². The van der Waals surface area contributed by atoms with Gasteiger partial charge in [-0.15, -0.1) is 0 Å². The van der Waals surface area contributed by atoms with E-state index < -0.39 is 11.6 Å². The topological polar surface area (TPSA) is 48.7 Å². The molecule has 4 rings (SSSR count). The van der Waals surface area contributed by atoms with Gasteiger partial charge in [0.2, 0.25) is 5.88 Å². The zero-order chi connectivity index (χ0) is 23.8. The third-order valence-corrected chi connectivity index (χ3v) is 5.09. The molecule has 33 heavy (non-hydrogen) atoms. The third kappa shape index (κ3) is 4.97. The van der Waals surface area contributed by atoms with Gasteiger partial charge in [-0.3, -0.25) is 4.40 Å². The predicted molar refractivity (Wildman–Crippen MR) is 124 cm³/mol. The number of hydrogen-bond acceptors (Lipinski definition) is 4. The highest BCUT2D eigenvalue weighted by Gasteiger charge is 2.18. The first-order valence-corrected chi connectivity index (χ1v) is 10.8. The van der Waals surface area contributed by atoms with Gasteiger partial charge in [-0.25, -0.2) is 18.7 Å². The number of rotatable bonds is 6. The highest BCUT2D eigenvalue weighted by Crippen LogP contribution is 2.31. The summed E-state index contributed by atoms with van der Waals surface area (Å²) in [5, 5.41) is 0. The van der Waals surface area contributed by atoms with E-state index in [4.69, 9.17) is 9.47 Å². The summed E-state index contributed by atoms with van der Waals surface area (Å²) in [5.74, 6) is -0.269. The van der Waals surface area contributed by atoms with Crippen molar-refractivity contribution in [2.45, 2.75) is 41.2 Å². The zero-order valence-corrected chi connectivity index (χ0v) is 19.4. The molecule has 0 saturated carbocycles. The maximum atomic E-state index is 14.0. The van der Waals surface area contributed by atoms with Crippen molar-refractivity contribution < 1.29 is 18.3 Å². The van der Waals surface area contributed by atoms with E-state index in [1.165, 1.54) is 18.2 Å². The molecule has 0 bridgehead atoms. The Bertz CT molecular complexity index is 1270. The second-order valence-electron chi connectivity index (χ2n) is 9.34. The van der Waals surface area contributed by atoms with Crippen molar-refractivity contribution in [1.29, 1.82) is 0 Å². The molecular weight excluding hydrogens is 424 g/mol. The molecule has 5 nitrogen and oxygen atoms in total.